The first-order valence-corrected chi connectivity index (χ1v) is 4.62. The lowest BCUT2D eigenvalue weighted by Gasteiger charge is -2.08. The highest BCUT2D eigenvalue weighted by Crippen LogP contribution is 2.05. The van der Waals surface area contributed by atoms with Crippen LogP contribution in [0.1, 0.15) is 33.1 Å². The van der Waals surface area contributed by atoms with Crippen LogP contribution in [-0.4, -0.2) is 13.1 Å². The van der Waals surface area contributed by atoms with Crippen LogP contribution < -0.4 is 5.32 Å². The standard InChI is InChI=1S/C10H21N/c1-4-6-10(3)7-9-11-8-5-2/h4,10-11H,1,5-9H2,2-3H3. The van der Waals surface area contributed by atoms with E-state index < -0.39 is 0 Å². The highest BCUT2D eigenvalue weighted by Gasteiger charge is 1.97. The van der Waals surface area contributed by atoms with Crippen molar-refractivity contribution in [3.8, 4) is 0 Å². The molecule has 0 aliphatic rings. The van der Waals surface area contributed by atoms with E-state index in [1.54, 1.807) is 0 Å². The lowest BCUT2D eigenvalue weighted by Crippen LogP contribution is -2.17. The van der Waals surface area contributed by atoms with Crippen molar-refractivity contribution in [2.45, 2.75) is 33.1 Å². The van der Waals surface area contributed by atoms with E-state index in [0.29, 0.717) is 0 Å². The summed E-state index contributed by atoms with van der Waals surface area (Å²) in [6, 6.07) is 0. The Morgan fingerprint density at radius 3 is 2.73 bits per heavy atom. The van der Waals surface area contributed by atoms with Crippen LogP contribution in [0.5, 0.6) is 0 Å². The average Bonchev–Trinajstić information content (AvgIpc) is 1.99. The van der Waals surface area contributed by atoms with Crippen molar-refractivity contribution in [2.75, 3.05) is 13.1 Å². The van der Waals surface area contributed by atoms with Crippen molar-refractivity contribution in [3.63, 3.8) is 0 Å². The third-order valence-electron chi connectivity index (χ3n) is 1.81. The van der Waals surface area contributed by atoms with E-state index in [-0.39, 0.29) is 0 Å². The predicted molar refractivity (Wildman–Crippen MR) is 51.8 cm³/mol. The molecule has 1 nitrogen and oxygen atoms in total. The highest BCUT2D eigenvalue weighted by molar-refractivity contribution is 4.70. The van der Waals surface area contributed by atoms with Gasteiger partial charge in [0.1, 0.15) is 0 Å². The fraction of sp³-hybridized carbons (Fsp3) is 0.800. The molecule has 1 heteroatoms. The Morgan fingerprint density at radius 2 is 2.18 bits per heavy atom. The third-order valence-corrected chi connectivity index (χ3v) is 1.81. The Hall–Kier alpha value is -0.300. The maximum atomic E-state index is 3.72. The molecule has 0 aromatic carbocycles. The highest BCUT2D eigenvalue weighted by atomic mass is 14.8. The molecular weight excluding hydrogens is 134 g/mol. The monoisotopic (exact) mass is 155 g/mol. The van der Waals surface area contributed by atoms with Crippen LogP contribution in [-0.2, 0) is 0 Å². The van der Waals surface area contributed by atoms with Crippen LogP contribution in [0, 0.1) is 5.92 Å². The molecule has 0 amide bonds. The summed E-state index contributed by atoms with van der Waals surface area (Å²) >= 11 is 0. The topological polar surface area (TPSA) is 12.0 Å². The van der Waals surface area contributed by atoms with E-state index in [2.05, 4.69) is 25.7 Å². The smallest absolute Gasteiger partial charge is 0.00463 e. The summed E-state index contributed by atoms with van der Waals surface area (Å²) < 4.78 is 0. The molecule has 11 heavy (non-hydrogen) atoms. The first kappa shape index (κ1) is 10.7. The largest absolute Gasteiger partial charge is 0.317 e. The second-order valence-corrected chi connectivity index (χ2v) is 3.17. The van der Waals surface area contributed by atoms with Gasteiger partial charge in [0.25, 0.3) is 0 Å². The van der Waals surface area contributed by atoms with Gasteiger partial charge in [-0.25, -0.2) is 0 Å². The maximum absolute atomic E-state index is 3.72. The number of hydrogen-bond donors (Lipinski definition) is 1. The van der Waals surface area contributed by atoms with E-state index in [4.69, 9.17) is 0 Å². The van der Waals surface area contributed by atoms with Crippen molar-refractivity contribution in [2.24, 2.45) is 5.92 Å². The fourth-order valence-electron chi connectivity index (χ4n) is 1.05. The molecule has 0 heterocycles. The summed E-state index contributed by atoms with van der Waals surface area (Å²) in [6.45, 7) is 10.5. The quantitative estimate of drug-likeness (QED) is 0.440. The first-order chi connectivity index (χ1) is 5.31. The fourth-order valence-corrected chi connectivity index (χ4v) is 1.05. The first-order valence-electron chi connectivity index (χ1n) is 4.62. The zero-order valence-electron chi connectivity index (χ0n) is 7.90. The molecule has 1 unspecified atom stereocenters. The van der Waals surface area contributed by atoms with Gasteiger partial charge in [0.15, 0.2) is 0 Å². The molecule has 0 radical (unpaired) electrons. The molecule has 0 aromatic rings. The number of rotatable bonds is 7. The van der Waals surface area contributed by atoms with Crippen molar-refractivity contribution in [1.82, 2.24) is 5.32 Å². The van der Waals surface area contributed by atoms with Gasteiger partial charge in [0.2, 0.25) is 0 Å². The van der Waals surface area contributed by atoms with Crippen LogP contribution >= 0.6 is 0 Å². The van der Waals surface area contributed by atoms with Crippen LogP contribution in [0.3, 0.4) is 0 Å². The molecule has 0 fully saturated rings. The Kier molecular flexibility index (Phi) is 7.59. The molecule has 0 aromatic heterocycles. The Bertz CT molecular complexity index is 88.9. The number of nitrogens with one attached hydrogen (secondary N) is 1. The van der Waals surface area contributed by atoms with Gasteiger partial charge in [0, 0.05) is 0 Å². The summed E-state index contributed by atoms with van der Waals surface area (Å²) in [5, 5.41) is 3.39. The van der Waals surface area contributed by atoms with Crippen molar-refractivity contribution < 1.29 is 0 Å². The molecule has 0 aliphatic carbocycles. The number of hydrogen-bond acceptors (Lipinski definition) is 1. The summed E-state index contributed by atoms with van der Waals surface area (Å²) in [6.07, 6.45) is 5.65. The Morgan fingerprint density at radius 1 is 1.45 bits per heavy atom. The average molecular weight is 155 g/mol. The predicted octanol–water partition coefficient (Wildman–Crippen LogP) is 2.59. The van der Waals surface area contributed by atoms with Gasteiger partial charge in [-0.15, -0.1) is 6.58 Å². The second kappa shape index (κ2) is 7.80. The molecule has 0 bridgehead atoms. The molecule has 0 aliphatic heterocycles. The van der Waals surface area contributed by atoms with E-state index >= 15 is 0 Å². The molecule has 66 valence electrons. The summed E-state index contributed by atoms with van der Waals surface area (Å²) in [5.41, 5.74) is 0. The van der Waals surface area contributed by atoms with Crippen LogP contribution in [0.15, 0.2) is 12.7 Å². The normalized spacial score (nSPS) is 12.9. The second-order valence-electron chi connectivity index (χ2n) is 3.17. The van der Waals surface area contributed by atoms with E-state index in [1.807, 2.05) is 6.08 Å². The van der Waals surface area contributed by atoms with Gasteiger partial charge < -0.3 is 5.32 Å². The number of allylic oxidation sites excluding steroid dienone is 1. The molecule has 0 spiro atoms. The molecule has 1 N–H and O–H groups in total. The van der Waals surface area contributed by atoms with Gasteiger partial charge in [-0.2, -0.15) is 0 Å². The maximum Gasteiger partial charge on any atom is -0.00463 e. The minimum atomic E-state index is 0.789. The van der Waals surface area contributed by atoms with Crippen LogP contribution in [0.25, 0.3) is 0 Å². The van der Waals surface area contributed by atoms with Crippen LogP contribution in [0.4, 0.5) is 0 Å². The summed E-state index contributed by atoms with van der Waals surface area (Å²) in [7, 11) is 0. The Balaban J connectivity index is 3.03. The SMILES string of the molecule is C=CCC(C)CCNCCC. The van der Waals surface area contributed by atoms with Crippen molar-refractivity contribution in [1.29, 1.82) is 0 Å². The minimum Gasteiger partial charge on any atom is -0.317 e. The lowest BCUT2D eigenvalue weighted by molar-refractivity contribution is 0.506. The zero-order valence-corrected chi connectivity index (χ0v) is 7.90. The van der Waals surface area contributed by atoms with E-state index in [0.717, 1.165) is 25.4 Å². The molecule has 0 saturated carbocycles. The van der Waals surface area contributed by atoms with Gasteiger partial charge >= 0.3 is 0 Å². The molecule has 1 atom stereocenters. The summed E-state index contributed by atoms with van der Waals surface area (Å²) in [5.74, 6) is 0.789. The van der Waals surface area contributed by atoms with Gasteiger partial charge in [-0.1, -0.05) is 19.9 Å². The van der Waals surface area contributed by atoms with E-state index in [1.165, 1.54) is 12.8 Å². The molecular formula is C10H21N. The molecule has 0 saturated heterocycles. The Labute approximate surface area is 70.9 Å². The van der Waals surface area contributed by atoms with Gasteiger partial charge in [0.05, 0.1) is 0 Å². The zero-order chi connectivity index (χ0) is 8.53. The van der Waals surface area contributed by atoms with E-state index in [9.17, 15) is 0 Å². The lowest BCUT2D eigenvalue weighted by atomic mass is 10.0. The molecule has 0 rings (SSSR count). The van der Waals surface area contributed by atoms with Crippen LogP contribution in [0.2, 0.25) is 0 Å². The van der Waals surface area contributed by atoms with Crippen molar-refractivity contribution >= 4 is 0 Å². The van der Waals surface area contributed by atoms with Crippen molar-refractivity contribution in [3.05, 3.63) is 12.7 Å². The third kappa shape index (κ3) is 7.60. The summed E-state index contributed by atoms with van der Waals surface area (Å²) in [4.78, 5) is 0. The van der Waals surface area contributed by atoms with Gasteiger partial charge in [-0.3, -0.25) is 0 Å². The van der Waals surface area contributed by atoms with Gasteiger partial charge in [-0.05, 0) is 38.3 Å². The minimum absolute atomic E-state index is 0.789.